The van der Waals surface area contributed by atoms with Crippen molar-refractivity contribution in [1.29, 1.82) is 0 Å². The summed E-state index contributed by atoms with van der Waals surface area (Å²) in [5.74, 6) is -1.29. The molecule has 0 spiro atoms. The first-order valence-corrected chi connectivity index (χ1v) is 14.2. The average Bonchev–Trinajstić information content (AvgIpc) is 3.36. The van der Waals surface area contributed by atoms with Crippen LogP contribution in [-0.4, -0.2) is 50.1 Å². The molecule has 3 heterocycles. The van der Waals surface area contributed by atoms with Crippen LogP contribution in [0.15, 0.2) is 24.3 Å². The van der Waals surface area contributed by atoms with Crippen molar-refractivity contribution in [2.24, 2.45) is 5.92 Å². The van der Waals surface area contributed by atoms with Gasteiger partial charge >= 0.3 is 0 Å². The lowest BCUT2D eigenvalue weighted by Gasteiger charge is -2.40. The normalized spacial score (nSPS) is 26.6. The molecule has 3 atom stereocenters. The van der Waals surface area contributed by atoms with E-state index in [9.17, 15) is 18.0 Å². The van der Waals surface area contributed by atoms with Crippen molar-refractivity contribution >= 4 is 5.91 Å². The Morgan fingerprint density at radius 3 is 2.39 bits per heavy atom. The number of rotatable bonds is 8. The van der Waals surface area contributed by atoms with Gasteiger partial charge in [-0.3, -0.25) is 9.69 Å². The molecule has 2 aromatic rings. The summed E-state index contributed by atoms with van der Waals surface area (Å²) >= 11 is 0. The van der Waals surface area contributed by atoms with E-state index in [4.69, 9.17) is 0 Å². The molecule has 1 aromatic carbocycles. The van der Waals surface area contributed by atoms with Crippen LogP contribution < -0.4 is 5.32 Å². The van der Waals surface area contributed by atoms with Crippen LogP contribution in [0.4, 0.5) is 13.2 Å². The van der Waals surface area contributed by atoms with Crippen LogP contribution in [0.1, 0.15) is 107 Å². The Morgan fingerprint density at radius 1 is 1.08 bits per heavy atom. The van der Waals surface area contributed by atoms with Gasteiger partial charge in [-0.05, 0) is 69.6 Å². The quantitative estimate of drug-likeness (QED) is 0.448. The number of aromatic nitrogens is 3. The number of nitrogens with zero attached hydrogens (tertiary/aromatic N) is 4. The Hall–Kier alpha value is -2.42. The molecule has 5 rings (SSSR count). The maximum Gasteiger partial charge on any atom is 0.248 e. The van der Waals surface area contributed by atoms with Crippen LogP contribution >= 0.6 is 0 Å². The molecule has 2 aliphatic heterocycles. The molecule has 9 heteroatoms. The standard InChI is InChI=1S/C29H40F3N5O/c1-18(2)27-35-34-19(3)37(27)25-16-23-7-8-24(17-25)36(23)14-11-26(21-5-4-6-22(30)15-21)33-28(38)20-9-12-29(31,32)13-10-20/h4-6,15,18,20,23-26H,7-14,16-17H2,1-3H3,(H,33,38). The van der Waals surface area contributed by atoms with Gasteiger partial charge in [0.2, 0.25) is 11.8 Å². The molecule has 3 aliphatic rings. The molecule has 1 N–H and O–H groups in total. The van der Waals surface area contributed by atoms with E-state index in [0.717, 1.165) is 49.4 Å². The van der Waals surface area contributed by atoms with E-state index in [1.54, 1.807) is 6.07 Å². The summed E-state index contributed by atoms with van der Waals surface area (Å²) in [6, 6.07) is 7.30. The van der Waals surface area contributed by atoms with Gasteiger partial charge in [0.05, 0.1) is 6.04 Å². The van der Waals surface area contributed by atoms with Crippen LogP contribution in [0.5, 0.6) is 0 Å². The van der Waals surface area contributed by atoms with Gasteiger partial charge in [-0.1, -0.05) is 26.0 Å². The fourth-order valence-corrected chi connectivity index (χ4v) is 6.97. The zero-order chi connectivity index (χ0) is 27.0. The van der Waals surface area contributed by atoms with Crippen LogP contribution in [0.25, 0.3) is 0 Å². The number of nitrogens with one attached hydrogen (secondary N) is 1. The Kier molecular flexibility index (Phi) is 7.85. The van der Waals surface area contributed by atoms with Crippen molar-refractivity contribution in [1.82, 2.24) is 25.0 Å². The molecule has 3 unspecified atom stereocenters. The Morgan fingerprint density at radius 2 is 1.76 bits per heavy atom. The van der Waals surface area contributed by atoms with Crippen LogP contribution in [0, 0.1) is 18.7 Å². The van der Waals surface area contributed by atoms with Gasteiger partial charge in [-0.15, -0.1) is 10.2 Å². The van der Waals surface area contributed by atoms with Crippen LogP contribution in [-0.2, 0) is 4.79 Å². The second-order valence-electron chi connectivity index (χ2n) is 11.9. The van der Waals surface area contributed by atoms with Crippen molar-refractivity contribution in [2.75, 3.05) is 6.54 Å². The molecule has 208 valence electrons. The van der Waals surface area contributed by atoms with Gasteiger partial charge in [0.1, 0.15) is 17.5 Å². The van der Waals surface area contributed by atoms with Crippen molar-refractivity contribution in [3.8, 4) is 0 Å². The van der Waals surface area contributed by atoms with Crippen LogP contribution in [0.3, 0.4) is 0 Å². The predicted octanol–water partition coefficient (Wildman–Crippen LogP) is 6.09. The summed E-state index contributed by atoms with van der Waals surface area (Å²) < 4.78 is 43.7. The molecule has 2 bridgehead atoms. The fraction of sp³-hybridized carbons (Fsp3) is 0.690. The number of benzene rings is 1. The summed E-state index contributed by atoms with van der Waals surface area (Å²) in [5, 5.41) is 11.9. The maximum atomic E-state index is 14.1. The molecule has 2 saturated heterocycles. The molecule has 1 amide bonds. The van der Waals surface area contributed by atoms with Crippen LogP contribution in [0.2, 0.25) is 0 Å². The number of hydrogen-bond acceptors (Lipinski definition) is 4. The number of amides is 1. The highest BCUT2D eigenvalue weighted by Crippen LogP contribution is 2.42. The van der Waals surface area contributed by atoms with E-state index < -0.39 is 11.8 Å². The summed E-state index contributed by atoms with van der Waals surface area (Å²) in [7, 11) is 0. The summed E-state index contributed by atoms with van der Waals surface area (Å²) in [6.45, 7) is 7.14. The SMILES string of the molecule is Cc1nnc(C(C)C)n1C1CC2CCC(C1)N2CCC(NC(=O)C1CCC(F)(F)CC1)c1cccc(F)c1. The van der Waals surface area contributed by atoms with E-state index in [1.807, 2.05) is 13.0 Å². The van der Waals surface area contributed by atoms with E-state index in [-0.39, 0.29) is 43.4 Å². The third-order valence-electron chi connectivity index (χ3n) is 8.97. The number of hydrogen-bond donors (Lipinski definition) is 1. The summed E-state index contributed by atoms with van der Waals surface area (Å²) in [6.07, 6.45) is 4.90. The third kappa shape index (κ3) is 5.77. The molecular weight excluding hydrogens is 491 g/mol. The summed E-state index contributed by atoms with van der Waals surface area (Å²) in [5.41, 5.74) is 0.725. The number of fused-ring (bicyclic) bond motifs is 2. The van der Waals surface area contributed by atoms with E-state index in [2.05, 4.69) is 38.8 Å². The van der Waals surface area contributed by atoms with Crippen molar-refractivity contribution in [3.63, 3.8) is 0 Å². The highest BCUT2D eigenvalue weighted by molar-refractivity contribution is 5.79. The first-order valence-electron chi connectivity index (χ1n) is 14.2. The molecular formula is C29H40F3N5O. The van der Waals surface area contributed by atoms with Gasteiger partial charge in [0.15, 0.2) is 0 Å². The average molecular weight is 532 g/mol. The molecule has 1 saturated carbocycles. The molecule has 1 aliphatic carbocycles. The first-order chi connectivity index (χ1) is 18.1. The highest BCUT2D eigenvalue weighted by atomic mass is 19.3. The Balaban J connectivity index is 1.26. The molecule has 1 aromatic heterocycles. The number of aryl methyl sites for hydroxylation is 1. The lowest BCUT2D eigenvalue weighted by atomic mass is 9.86. The number of halogens is 3. The largest absolute Gasteiger partial charge is 0.349 e. The minimum Gasteiger partial charge on any atom is -0.349 e. The van der Waals surface area contributed by atoms with E-state index in [1.165, 1.54) is 12.1 Å². The number of piperidine rings is 1. The molecule has 3 fully saturated rings. The zero-order valence-electron chi connectivity index (χ0n) is 22.7. The summed E-state index contributed by atoms with van der Waals surface area (Å²) in [4.78, 5) is 15.7. The number of alkyl halides is 2. The Labute approximate surface area is 223 Å². The smallest absolute Gasteiger partial charge is 0.248 e. The lowest BCUT2D eigenvalue weighted by Crippen LogP contribution is -2.45. The van der Waals surface area contributed by atoms with Gasteiger partial charge < -0.3 is 9.88 Å². The van der Waals surface area contributed by atoms with Gasteiger partial charge in [-0.2, -0.15) is 0 Å². The number of carbonyl (C=O) groups is 1. The van der Waals surface area contributed by atoms with E-state index in [0.29, 0.717) is 30.5 Å². The predicted molar refractivity (Wildman–Crippen MR) is 139 cm³/mol. The van der Waals surface area contributed by atoms with E-state index >= 15 is 0 Å². The number of carbonyl (C=O) groups excluding carboxylic acids is 1. The van der Waals surface area contributed by atoms with Crippen molar-refractivity contribution in [3.05, 3.63) is 47.3 Å². The van der Waals surface area contributed by atoms with Gasteiger partial charge in [-0.25, -0.2) is 13.2 Å². The van der Waals surface area contributed by atoms with Gasteiger partial charge in [0, 0.05) is 49.3 Å². The van der Waals surface area contributed by atoms with Crippen molar-refractivity contribution < 1.29 is 18.0 Å². The molecule has 38 heavy (non-hydrogen) atoms. The third-order valence-corrected chi connectivity index (χ3v) is 8.97. The topological polar surface area (TPSA) is 63.1 Å². The highest BCUT2D eigenvalue weighted by Gasteiger charge is 2.42. The monoisotopic (exact) mass is 531 g/mol. The Bertz CT molecular complexity index is 1110. The maximum absolute atomic E-state index is 14.1. The van der Waals surface area contributed by atoms with Crippen molar-refractivity contribution in [2.45, 2.75) is 115 Å². The minimum absolute atomic E-state index is 0.188. The first kappa shape index (κ1) is 27.2. The lowest BCUT2D eigenvalue weighted by molar-refractivity contribution is -0.130. The molecule has 6 nitrogen and oxygen atoms in total. The molecule has 0 radical (unpaired) electrons. The zero-order valence-corrected chi connectivity index (χ0v) is 22.7. The van der Waals surface area contributed by atoms with Gasteiger partial charge in [0.25, 0.3) is 0 Å². The second kappa shape index (κ2) is 11.0. The minimum atomic E-state index is -2.68. The second-order valence-corrected chi connectivity index (χ2v) is 11.9. The fourth-order valence-electron chi connectivity index (χ4n) is 6.97.